The van der Waals surface area contributed by atoms with Crippen LogP contribution in [0, 0.1) is 0 Å². The molecule has 0 bridgehead atoms. The van der Waals surface area contributed by atoms with Crippen molar-refractivity contribution in [3.8, 4) is 0 Å². The molecule has 94 valence electrons. The molecule has 1 N–H and O–H groups in total. The second-order valence-corrected chi connectivity index (χ2v) is 6.22. The van der Waals surface area contributed by atoms with Gasteiger partial charge in [-0.2, -0.15) is 0 Å². The van der Waals surface area contributed by atoms with E-state index >= 15 is 0 Å². The zero-order valence-corrected chi connectivity index (χ0v) is 11.3. The Bertz CT molecular complexity index is 398. The van der Waals surface area contributed by atoms with E-state index in [4.69, 9.17) is 9.72 Å². The molecular formula is C13H20N2OS. The van der Waals surface area contributed by atoms with E-state index in [2.05, 4.69) is 19.2 Å². The summed E-state index contributed by atoms with van der Waals surface area (Å²) in [6.07, 6.45) is 5.37. The fourth-order valence-corrected chi connectivity index (χ4v) is 3.98. The number of nitrogens with one attached hydrogen (secondary N) is 1. The molecule has 0 aliphatic carbocycles. The first-order valence-corrected chi connectivity index (χ1v) is 7.44. The lowest BCUT2D eigenvalue weighted by Gasteiger charge is -2.23. The third-order valence-electron chi connectivity index (χ3n) is 3.64. The predicted molar refractivity (Wildman–Crippen MR) is 69.4 cm³/mol. The van der Waals surface area contributed by atoms with Crippen molar-refractivity contribution in [2.75, 3.05) is 6.54 Å². The van der Waals surface area contributed by atoms with Crippen LogP contribution < -0.4 is 5.32 Å². The van der Waals surface area contributed by atoms with Crippen molar-refractivity contribution in [3.63, 3.8) is 0 Å². The van der Waals surface area contributed by atoms with Crippen LogP contribution in [0.3, 0.4) is 0 Å². The van der Waals surface area contributed by atoms with Crippen molar-refractivity contribution in [1.29, 1.82) is 0 Å². The van der Waals surface area contributed by atoms with Gasteiger partial charge in [-0.3, -0.25) is 0 Å². The van der Waals surface area contributed by atoms with Gasteiger partial charge < -0.3 is 10.1 Å². The van der Waals surface area contributed by atoms with Crippen LogP contribution in [0.5, 0.6) is 0 Å². The molecular weight excluding hydrogens is 232 g/mol. The Balaban J connectivity index is 1.85. The Labute approximate surface area is 107 Å². The van der Waals surface area contributed by atoms with Crippen molar-refractivity contribution in [2.24, 2.45) is 0 Å². The van der Waals surface area contributed by atoms with Crippen LogP contribution in [-0.4, -0.2) is 17.6 Å². The molecule has 0 radical (unpaired) electrons. The highest BCUT2D eigenvalue weighted by Gasteiger charge is 2.28. The van der Waals surface area contributed by atoms with E-state index in [0.29, 0.717) is 12.1 Å². The second-order valence-electron chi connectivity index (χ2n) is 5.16. The Hall–Kier alpha value is -0.450. The van der Waals surface area contributed by atoms with Crippen LogP contribution in [0.4, 0.5) is 0 Å². The summed E-state index contributed by atoms with van der Waals surface area (Å²) in [6, 6.07) is 0.488. The van der Waals surface area contributed by atoms with E-state index in [1.165, 1.54) is 34.8 Å². The highest BCUT2D eigenvalue weighted by molar-refractivity contribution is 7.11. The van der Waals surface area contributed by atoms with Crippen LogP contribution in [-0.2, 0) is 11.2 Å². The summed E-state index contributed by atoms with van der Waals surface area (Å²) in [5.41, 5.74) is 1.28. The van der Waals surface area contributed by atoms with Gasteiger partial charge in [0.05, 0.1) is 28.8 Å². The number of hydrogen-bond donors (Lipinski definition) is 1. The number of ether oxygens (including phenoxy) is 1. The molecule has 3 heterocycles. The van der Waals surface area contributed by atoms with Gasteiger partial charge in [-0.1, -0.05) is 6.42 Å². The van der Waals surface area contributed by atoms with Gasteiger partial charge in [0, 0.05) is 6.42 Å². The third-order valence-corrected chi connectivity index (χ3v) is 5.01. The summed E-state index contributed by atoms with van der Waals surface area (Å²) in [5, 5.41) is 4.85. The molecule has 3 atom stereocenters. The molecule has 0 aromatic carbocycles. The summed E-state index contributed by atoms with van der Waals surface area (Å²) >= 11 is 1.85. The van der Waals surface area contributed by atoms with Crippen molar-refractivity contribution >= 4 is 11.3 Å². The van der Waals surface area contributed by atoms with Crippen molar-refractivity contribution in [3.05, 3.63) is 15.6 Å². The highest BCUT2D eigenvalue weighted by Crippen LogP contribution is 2.37. The molecule has 3 unspecified atom stereocenters. The van der Waals surface area contributed by atoms with E-state index in [9.17, 15) is 0 Å². The SMILES string of the molecule is CC1Cc2nc(C3CCCCN3)sc2C(C)O1. The van der Waals surface area contributed by atoms with Crippen LogP contribution in [0.25, 0.3) is 0 Å². The van der Waals surface area contributed by atoms with Gasteiger partial charge in [-0.25, -0.2) is 4.98 Å². The molecule has 17 heavy (non-hydrogen) atoms. The molecule has 0 saturated carbocycles. The van der Waals surface area contributed by atoms with Gasteiger partial charge in [-0.05, 0) is 33.2 Å². The number of rotatable bonds is 1. The normalized spacial score (nSPS) is 33.4. The first-order chi connectivity index (χ1) is 8.24. The summed E-state index contributed by atoms with van der Waals surface area (Å²) in [6.45, 7) is 5.42. The van der Waals surface area contributed by atoms with Crippen LogP contribution in [0.2, 0.25) is 0 Å². The topological polar surface area (TPSA) is 34.2 Å². The van der Waals surface area contributed by atoms with Gasteiger partial charge >= 0.3 is 0 Å². The largest absolute Gasteiger partial charge is 0.370 e. The van der Waals surface area contributed by atoms with Crippen LogP contribution in [0.15, 0.2) is 0 Å². The summed E-state index contributed by atoms with van der Waals surface area (Å²) in [5.74, 6) is 0. The lowest BCUT2D eigenvalue weighted by molar-refractivity contribution is -0.00319. The summed E-state index contributed by atoms with van der Waals surface area (Å²) in [7, 11) is 0. The standard InChI is InChI=1S/C13H20N2OS/c1-8-7-11-12(9(2)16-8)17-13(15-11)10-5-3-4-6-14-10/h8-10,14H,3-7H2,1-2H3. The van der Waals surface area contributed by atoms with E-state index < -0.39 is 0 Å². The monoisotopic (exact) mass is 252 g/mol. The number of thiazole rings is 1. The quantitative estimate of drug-likeness (QED) is 0.834. The fraction of sp³-hybridized carbons (Fsp3) is 0.769. The molecule has 1 fully saturated rings. The number of aromatic nitrogens is 1. The minimum absolute atomic E-state index is 0.226. The van der Waals surface area contributed by atoms with Gasteiger partial charge in [-0.15, -0.1) is 11.3 Å². The number of hydrogen-bond acceptors (Lipinski definition) is 4. The maximum Gasteiger partial charge on any atom is 0.110 e. The number of fused-ring (bicyclic) bond motifs is 1. The first kappa shape index (κ1) is 11.6. The van der Waals surface area contributed by atoms with Gasteiger partial charge in [0.2, 0.25) is 0 Å². The highest BCUT2D eigenvalue weighted by atomic mass is 32.1. The predicted octanol–water partition coefficient (Wildman–Crippen LogP) is 2.98. The average molecular weight is 252 g/mol. The van der Waals surface area contributed by atoms with Gasteiger partial charge in [0.25, 0.3) is 0 Å². The smallest absolute Gasteiger partial charge is 0.110 e. The summed E-state index contributed by atoms with van der Waals surface area (Å²) < 4.78 is 5.86. The molecule has 3 nitrogen and oxygen atoms in total. The molecule has 2 aliphatic rings. The van der Waals surface area contributed by atoms with E-state index in [1.54, 1.807) is 0 Å². The second kappa shape index (κ2) is 4.67. The minimum atomic E-state index is 0.226. The van der Waals surface area contributed by atoms with Crippen molar-refractivity contribution in [1.82, 2.24) is 10.3 Å². The maximum atomic E-state index is 5.86. The summed E-state index contributed by atoms with van der Waals surface area (Å²) in [4.78, 5) is 6.20. The average Bonchev–Trinajstić information content (AvgIpc) is 2.74. The zero-order valence-electron chi connectivity index (χ0n) is 10.5. The molecule has 2 aliphatic heterocycles. The van der Waals surface area contributed by atoms with Crippen molar-refractivity contribution < 1.29 is 4.74 Å². The molecule has 1 aromatic heterocycles. The Kier molecular flexibility index (Phi) is 3.19. The van der Waals surface area contributed by atoms with Gasteiger partial charge in [0.15, 0.2) is 0 Å². The van der Waals surface area contributed by atoms with E-state index in [0.717, 1.165) is 13.0 Å². The number of piperidine rings is 1. The zero-order chi connectivity index (χ0) is 11.8. The lowest BCUT2D eigenvalue weighted by Crippen LogP contribution is -2.26. The third kappa shape index (κ3) is 2.26. The molecule has 3 rings (SSSR count). The van der Waals surface area contributed by atoms with E-state index in [1.807, 2.05) is 11.3 Å². The fourth-order valence-electron chi connectivity index (χ4n) is 2.79. The minimum Gasteiger partial charge on any atom is -0.370 e. The van der Waals surface area contributed by atoms with Crippen molar-refractivity contribution in [2.45, 2.75) is 57.8 Å². The number of nitrogens with zero attached hydrogens (tertiary/aromatic N) is 1. The molecule has 0 spiro atoms. The van der Waals surface area contributed by atoms with Crippen LogP contribution >= 0.6 is 11.3 Å². The van der Waals surface area contributed by atoms with Gasteiger partial charge in [0.1, 0.15) is 5.01 Å². The molecule has 0 amide bonds. The van der Waals surface area contributed by atoms with Crippen LogP contribution in [0.1, 0.15) is 60.8 Å². The molecule has 4 heteroatoms. The Morgan fingerprint density at radius 1 is 1.35 bits per heavy atom. The Morgan fingerprint density at radius 3 is 3.00 bits per heavy atom. The lowest BCUT2D eigenvalue weighted by atomic mass is 10.1. The van der Waals surface area contributed by atoms with E-state index in [-0.39, 0.29) is 6.10 Å². The molecule has 1 aromatic rings. The first-order valence-electron chi connectivity index (χ1n) is 6.62. The Morgan fingerprint density at radius 2 is 2.24 bits per heavy atom. The maximum absolute atomic E-state index is 5.86. The molecule has 1 saturated heterocycles.